The van der Waals surface area contributed by atoms with Crippen LogP contribution in [0.2, 0.25) is 0 Å². The Balaban J connectivity index is 1.73. The quantitative estimate of drug-likeness (QED) is 0.743. The van der Waals surface area contributed by atoms with Crippen molar-refractivity contribution in [2.75, 3.05) is 24.6 Å². The minimum absolute atomic E-state index is 0.0923. The largest absolute Gasteiger partial charge is 0.466 e. The number of carbonyl (C=O) groups excluding carboxylic acids is 1. The fourth-order valence-electron chi connectivity index (χ4n) is 3.66. The average molecular weight is 338 g/mol. The number of rotatable bonds is 3. The van der Waals surface area contributed by atoms with E-state index in [2.05, 4.69) is 45.0 Å². The van der Waals surface area contributed by atoms with Gasteiger partial charge in [-0.05, 0) is 38.8 Å². The Morgan fingerprint density at radius 3 is 3.12 bits per heavy atom. The summed E-state index contributed by atoms with van der Waals surface area (Å²) in [5.74, 6) is 0.669. The molecular weight excluding hydrogens is 316 g/mol. The molecule has 2 aromatic heterocycles. The molecule has 130 valence electrons. The zero-order valence-electron chi connectivity index (χ0n) is 14.6. The van der Waals surface area contributed by atoms with Crippen molar-refractivity contribution in [3.8, 4) is 0 Å². The Morgan fingerprint density at radius 2 is 2.28 bits per heavy atom. The van der Waals surface area contributed by atoms with E-state index in [0.717, 1.165) is 47.1 Å². The van der Waals surface area contributed by atoms with Crippen LogP contribution < -0.4 is 4.90 Å². The van der Waals surface area contributed by atoms with E-state index in [1.807, 2.05) is 6.92 Å². The summed E-state index contributed by atoms with van der Waals surface area (Å²) in [6, 6.07) is 6.30. The second-order valence-electron chi connectivity index (χ2n) is 6.63. The van der Waals surface area contributed by atoms with Crippen LogP contribution in [-0.2, 0) is 9.53 Å². The zero-order valence-corrected chi connectivity index (χ0v) is 14.6. The van der Waals surface area contributed by atoms with Crippen LogP contribution in [0.3, 0.4) is 0 Å². The number of carbonyl (C=O) groups is 1. The topological polar surface area (TPSA) is 71.1 Å². The molecule has 0 bridgehead atoms. The summed E-state index contributed by atoms with van der Waals surface area (Å²) in [6.45, 7) is 5.87. The number of aromatic amines is 1. The van der Waals surface area contributed by atoms with Gasteiger partial charge in [0, 0.05) is 24.0 Å². The van der Waals surface area contributed by atoms with Crippen LogP contribution >= 0.6 is 0 Å². The lowest BCUT2D eigenvalue weighted by Crippen LogP contribution is -2.40. The van der Waals surface area contributed by atoms with E-state index in [1.54, 1.807) is 6.33 Å². The second-order valence-corrected chi connectivity index (χ2v) is 6.63. The molecule has 4 rings (SSSR count). The summed E-state index contributed by atoms with van der Waals surface area (Å²) in [5, 5.41) is 1.11. The first-order valence-corrected chi connectivity index (χ1v) is 8.82. The number of ether oxygens (including phenoxy) is 1. The van der Waals surface area contributed by atoms with Gasteiger partial charge in [0.2, 0.25) is 0 Å². The molecule has 1 aliphatic rings. The third-order valence-electron chi connectivity index (χ3n) is 4.86. The van der Waals surface area contributed by atoms with Crippen molar-refractivity contribution in [3.63, 3.8) is 0 Å². The molecule has 1 fully saturated rings. The molecular formula is C19H22N4O2. The maximum absolute atomic E-state index is 12.1. The van der Waals surface area contributed by atoms with Gasteiger partial charge in [-0.3, -0.25) is 4.79 Å². The molecule has 3 heterocycles. The van der Waals surface area contributed by atoms with Crippen molar-refractivity contribution in [2.45, 2.75) is 26.7 Å². The monoisotopic (exact) mass is 338 g/mol. The summed E-state index contributed by atoms with van der Waals surface area (Å²) >= 11 is 0. The van der Waals surface area contributed by atoms with E-state index in [1.165, 1.54) is 5.56 Å². The van der Waals surface area contributed by atoms with Crippen molar-refractivity contribution in [2.24, 2.45) is 5.92 Å². The first kappa shape index (κ1) is 15.9. The smallest absolute Gasteiger partial charge is 0.310 e. The number of nitrogens with one attached hydrogen (secondary N) is 1. The fraction of sp³-hybridized carbons (Fsp3) is 0.421. The summed E-state index contributed by atoms with van der Waals surface area (Å²) in [5.41, 5.74) is 4.13. The van der Waals surface area contributed by atoms with Gasteiger partial charge in [-0.15, -0.1) is 0 Å². The summed E-state index contributed by atoms with van der Waals surface area (Å²) in [6.07, 6.45) is 3.44. The molecule has 1 aliphatic heterocycles. The Labute approximate surface area is 146 Å². The average Bonchev–Trinajstić information content (AvgIpc) is 3.00. The fourth-order valence-corrected chi connectivity index (χ4v) is 3.66. The molecule has 6 heteroatoms. The molecule has 1 aromatic carbocycles. The zero-order chi connectivity index (χ0) is 17.4. The van der Waals surface area contributed by atoms with Gasteiger partial charge in [0.1, 0.15) is 17.4 Å². The summed E-state index contributed by atoms with van der Waals surface area (Å²) in [7, 11) is 0. The molecule has 0 aliphatic carbocycles. The highest BCUT2D eigenvalue weighted by Gasteiger charge is 2.28. The molecule has 1 atom stereocenters. The minimum Gasteiger partial charge on any atom is -0.466 e. The molecule has 0 saturated carbocycles. The van der Waals surface area contributed by atoms with Crippen LogP contribution in [0.25, 0.3) is 21.9 Å². The third kappa shape index (κ3) is 2.81. The molecule has 0 amide bonds. The van der Waals surface area contributed by atoms with Gasteiger partial charge in [-0.25, -0.2) is 9.97 Å². The number of anilines is 1. The molecule has 25 heavy (non-hydrogen) atoms. The molecule has 0 radical (unpaired) electrons. The first-order valence-electron chi connectivity index (χ1n) is 8.82. The molecule has 1 N–H and O–H groups in total. The van der Waals surface area contributed by atoms with Gasteiger partial charge in [-0.1, -0.05) is 11.6 Å². The number of fused-ring (bicyclic) bond motifs is 3. The van der Waals surface area contributed by atoms with Gasteiger partial charge in [0.15, 0.2) is 5.82 Å². The van der Waals surface area contributed by atoms with Gasteiger partial charge in [0.05, 0.1) is 12.5 Å². The number of esters is 1. The van der Waals surface area contributed by atoms with Crippen LogP contribution in [0.15, 0.2) is 24.5 Å². The normalized spacial score (nSPS) is 18.0. The molecule has 0 spiro atoms. The lowest BCUT2D eigenvalue weighted by Gasteiger charge is -2.32. The number of aryl methyl sites for hydroxylation is 1. The molecule has 1 saturated heterocycles. The Morgan fingerprint density at radius 1 is 1.40 bits per heavy atom. The van der Waals surface area contributed by atoms with Crippen molar-refractivity contribution in [3.05, 3.63) is 30.1 Å². The van der Waals surface area contributed by atoms with Crippen LogP contribution in [0, 0.1) is 12.8 Å². The van der Waals surface area contributed by atoms with Crippen LogP contribution in [0.1, 0.15) is 25.3 Å². The highest BCUT2D eigenvalue weighted by Crippen LogP contribution is 2.31. The highest BCUT2D eigenvalue weighted by molar-refractivity contribution is 6.08. The molecule has 6 nitrogen and oxygen atoms in total. The number of nitrogens with zero attached hydrogens (tertiary/aromatic N) is 3. The van der Waals surface area contributed by atoms with E-state index < -0.39 is 0 Å². The lowest BCUT2D eigenvalue weighted by molar-refractivity contribution is -0.148. The lowest BCUT2D eigenvalue weighted by atomic mass is 9.98. The van der Waals surface area contributed by atoms with E-state index in [0.29, 0.717) is 13.2 Å². The first-order chi connectivity index (χ1) is 12.2. The van der Waals surface area contributed by atoms with Gasteiger partial charge >= 0.3 is 5.97 Å². The Kier molecular flexibility index (Phi) is 4.03. The Bertz CT molecular complexity index is 934. The van der Waals surface area contributed by atoms with E-state index in [-0.39, 0.29) is 11.9 Å². The number of aromatic nitrogens is 3. The second kappa shape index (κ2) is 6.35. The SMILES string of the molecule is CCOC(=O)C1CCCN(c2ncnc3c2[nH]c2ccc(C)cc23)C1. The number of benzene rings is 1. The van der Waals surface area contributed by atoms with Crippen molar-refractivity contribution in [1.29, 1.82) is 0 Å². The van der Waals surface area contributed by atoms with Gasteiger partial charge in [-0.2, -0.15) is 0 Å². The van der Waals surface area contributed by atoms with Gasteiger partial charge in [0.25, 0.3) is 0 Å². The van der Waals surface area contributed by atoms with Crippen LogP contribution in [0.4, 0.5) is 5.82 Å². The van der Waals surface area contributed by atoms with E-state index in [9.17, 15) is 4.79 Å². The number of H-pyrrole nitrogens is 1. The third-order valence-corrected chi connectivity index (χ3v) is 4.86. The molecule has 3 aromatic rings. The van der Waals surface area contributed by atoms with E-state index in [4.69, 9.17) is 4.74 Å². The predicted octanol–water partition coefficient (Wildman–Crippen LogP) is 3.20. The minimum atomic E-state index is -0.107. The van der Waals surface area contributed by atoms with E-state index >= 15 is 0 Å². The van der Waals surface area contributed by atoms with Crippen molar-refractivity contribution in [1.82, 2.24) is 15.0 Å². The van der Waals surface area contributed by atoms with Crippen molar-refractivity contribution < 1.29 is 9.53 Å². The number of piperidine rings is 1. The number of hydrogen-bond donors (Lipinski definition) is 1. The van der Waals surface area contributed by atoms with Gasteiger partial charge < -0.3 is 14.6 Å². The highest BCUT2D eigenvalue weighted by atomic mass is 16.5. The Hall–Kier alpha value is -2.63. The predicted molar refractivity (Wildman–Crippen MR) is 97.7 cm³/mol. The van der Waals surface area contributed by atoms with Crippen molar-refractivity contribution >= 4 is 33.7 Å². The van der Waals surface area contributed by atoms with Crippen LogP contribution in [-0.4, -0.2) is 40.6 Å². The van der Waals surface area contributed by atoms with Crippen LogP contribution in [0.5, 0.6) is 0 Å². The maximum atomic E-state index is 12.1. The summed E-state index contributed by atoms with van der Waals surface area (Å²) in [4.78, 5) is 26.8. The maximum Gasteiger partial charge on any atom is 0.310 e. The summed E-state index contributed by atoms with van der Waals surface area (Å²) < 4.78 is 5.21. The number of hydrogen-bond acceptors (Lipinski definition) is 5. The molecule has 1 unspecified atom stereocenters. The standard InChI is InChI=1S/C19H22N4O2/c1-3-25-19(24)13-5-4-8-23(10-13)18-17-16(20-11-21-18)14-9-12(2)6-7-15(14)22-17/h6-7,9,11,13,22H,3-5,8,10H2,1-2H3.